The second kappa shape index (κ2) is 9.01. The molecule has 1 saturated carbocycles. The van der Waals surface area contributed by atoms with Crippen LogP contribution in [0.5, 0.6) is 11.5 Å². The summed E-state index contributed by atoms with van der Waals surface area (Å²) in [5, 5.41) is 0. The Hall–Kier alpha value is -2.00. The van der Waals surface area contributed by atoms with Gasteiger partial charge in [-0.3, -0.25) is 0 Å². The van der Waals surface area contributed by atoms with Crippen molar-refractivity contribution in [2.24, 2.45) is 5.41 Å². The minimum absolute atomic E-state index is 0.0947. The highest BCUT2D eigenvalue weighted by atomic mass is 32.2. The molecule has 1 saturated heterocycles. The Morgan fingerprint density at radius 3 is 2.53 bits per heavy atom. The molecule has 9 heteroatoms. The predicted octanol–water partition coefficient (Wildman–Crippen LogP) is 2.74. The van der Waals surface area contributed by atoms with E-state index in [2.05, 4.69) is 4.72 Å². The molecule has 3 rings (SSSR count). The Morgan fingerprint density at radius 1 is 1.23 bits per heavy atom. The highest BCUT2D eigenvalue weighted by Crippen LogP contribution is 2.45. The molecule has 1 aliphatic heterocycles. The van der Waals surface area contributed by atoms with Gasteiger partial charge in [-0.1, -0.05) is 13.0 Å². The van der Waals surface area contributed by atoms with Crippen LogP contribution in [0.25, 0.3) is 0 Å². The number of nitrogens with zero attached hydrogens (tertiary/aromatic N) is 1. The van der Waals surface area contributed by atoms with Crippen LogP contribution in [0, 0.1) is 5.41 Å². The molecule has 1 aliphatic carbocycles. The van der Waals surface area contributed by atoms with Gasteiger partial charge < -0.3 is 19.1 Å². The summed E-state index contributed by atoms with van der Waals surface area (Å²) in [7, 11) is -0.396. The zero-order valence-corrected chi connectivity index (χ0v) is 19.0. The molecule has 0 radical (unpaired) electrons. The smallest absolute Gasteiger partial charge is 0.409 e. The summed E-state index contributed by atoms with van der Waals surface area (Å²) in [6.07, 6.45) is 5.30. The van der Waals surface area contributed by atoms with Gasteiger partial charge in [0, 0.05) is 31.0 Å². The Morgan fingerprint density at radius 2 is 1.93 bits per heavy atom. The molecule has 0 spiro atoms. The third-order valence-electron chi connectivity index (χ3n) is 6.15. The molecular formula is C21H32N2O6S. The maximum absolute atomic E-state index is 12.2. The van der Waals surface area contributed by atoms with Crippen LogP contribution in [-0.4, -0.2) is 65.6 Å². The number of hydrogen-bond acceptors (Lipinski definition) is 6. The monoisotopic (exact) mass is 440 g/mol. The van der Waals surface area contributed by atoms with Crippen molar-refractivity contribution in [3.05, 3.63) is 23.8 Å². The van der Waals surface area contributed by atoms with Crippen molar-refractivity contribution in [1.29, 1.82) is 0 Å². The summed E-state index contributed by atoms with van der Waals surface area (Å²) >= 11 is 0. The van der Waals surface area contributed by atoms with Gasteiger partial charge in [0.15, 0.2) is 11.5 Å². The van der Waals surface area contributed by atoms with E-state index < -0.39 is 21.5 Å². The molecule has 30 heavy (non-hydrogen) atoms. The lowest BCUT2D eigenvalue weighted by Crippen LogP contribution is -2.40. The Balaban J connectivity index is 1.91. The molecule has 1 aromatic rings. The van der Waals surface area contributed by atoms with E-state index in [0.29, 0.717) is 24.6 Å². The fourth-order valence-corrected chi connectivity index (χ4v) is 5.08. The first kappa shape index (κ1) is 22.7. The minimum atomic E-state index is -3.36. The number of methoxy groups -OCH3 is 2. The van der Waals surface area contributed by atoms with Crippen LogP contribution in [0.4, 0.5) is 4.79 Å². The molecular weight excluding hydrogens is 408 g/mol. The van der Waals surface area contributed by atoms with E-state index in [4.69, 9.17) is 14.2 Å². The number of sulfonamides is 1. The molecule has 1 heterocycles. The topological polar surface area (TPSA) is 94.2 Å². The molecule has 1 aromatic carbocycles. The number of hydrogen-bond donors (Lipinski definition) is 1. The van der Waals surface area contributed by atoms with E-state index in [1.54, 1.807) is 12.0 Å². The molecule has 2 unspecified atom stereocenters. The standard InChI is InChI=1S/C21H32N2O6S/c1-21(13-22-30(4,25)26)14-23(20(24)28-3)12-17(21)15-9-10-18(27-2)19(11-15)29-16-7-5-6-8-16/h9-11,16-17,22H,5-8,12-14H2,1-4H3. The first-order valence-corrected chi connectivity index (χ1v) is 12.2. The van der Waals surface area contributed by atoms with Crippen molar-refractivity contribution in [3.63, 3.8) is 0 Å². The second-order valence-corrected chi connectivity index (χ2v) is 10.4. The van der Waals surface area contributed by atoms with Gasteiger partial charge in [0.1, 0.15) is 0 Å². The molecule has 8 nitrogen and oxygen atoms in total. The predicted molar refractivity (Wildman–Crippen MR) is 114 cm³/mol. The summed E-state index contributed by atoms with van der Waals surface area (Å²) in [6, 6.07) is 5.82. The SMILES string of the molecule is COC(=O)N1CC(c2ccc(OC)c(OC3CCCC3)c2)C(C)(CNS(C)(=O)=O)C1. The second-order valence-electron chi connectivity index (χ2n) is 8.59. The first-order chi connectivity index (χ1) is 14.1. The molecule has 0 bridgehead atoms. The van der Waals surface area contributed by atoms with E-state index in [0.717, 1.165) is 24.7 Å². The molecule has 1 amide bonds. The fourth-order valence-electron chi connectivity index (χ4n) is 4.49. The molecule has 2 fully saturated rings. The van der Waals surface area contributed by atoms with Crippen molar-refractivity contribution in [2.45, 2.75) is 44.6 Å². The van der Waals surface area contributed by atoms with Crippen molar-refractivity contribution >= 4 is 16.1 Å². The van der Waals surface area contributed by atoms with Crippen molar-refractivity contribution in [1.82, 2.24) is 9.62 Å². The van der Waals surface area contributed by atoms with Gasteiger partial charge in [-0.15, -0.1) is 0 Å². The van der Waals surface area contributed by atoms with Gasteiger partial charge in [-0.25, -0.2) is 17.9 Å². The summed E-state index contributed by atoms with van der Waals surface area (Å²) in [6.45, 7) is 3.02. The van der Waals surface area contributed by atoms with Crippen molar-refractivity contribution in [2.75, 3.05) is 40.1 Å². The lowest BCUT2D eigenvalue weighted by Gasteiger charge is -2.31. The van der Waals surface area contributed by atoms with Crippen LogP contribution in [-0.2, 0) is 14.8 Å². The molecule has 1 N–H and O–H groups in total. The number of benzene rings is 1. The summed E-state index contributed by atoms with van der Waals surface area (Å²) in [5.41, 5.74) is 0.476. The Kier molecular flexibility index (Phi) is 6.81. The number of carbonyl (C=O) groups is 1. The average Bonchev–Trinajstić information content (AvgIpc) is 3.33. The fraction of sp³-hybridized carbons (Fsp3) is 0.667. The molecule has 168 valence electrons. The maximum atomic E-state index is 12.2. The average molecular weight is 441 g/mol. The van der Waals surface area contributed by atoms with Gasteiger partial charge in [0.25, 0.3) is 0 Å². The summed E-state index contributed by atoms with van der Waals surface area (Å²) in [5.74, 6) is 1.27. The van der Waals surface area contributed by atoms with Crippen molar-refractivity contribution < 1.29 is 27.4 Å². The van der Waals surface area contributed by atoms with E-state index >= 15 is 0 Å². The highest BCUT2D eigenvalue weighted by Gasteiger charge is 2.46. The van der Waals surface area contributed by atoms with Crippen LogP contribution < -0.4 is 14.2 Å². The van der Waals surface area contributed by atoms with Crippen LogP contribution in [0.2, 0.25) is 0 Å². The molecule has 2 aliphatic rings. The quantitative estimate of drug-likeness (QED) is 0.701. The number of rotatable bonds is 7. The zero-order valence-electron chi connectivity index (χ0n) is 18.1. The largest absolute Gasteiger partial charge is 0.493 e. The summed E-state index contributed by atoms with van der Waals surface area (Å²) in [4.78, 5) is 13.8. The van der Waals surface area contributed by atoms with Crippen molar-refractivity contribution in [3.8, 4) is 11.5 Å². The van der Waals surface area contributed by atoms with Gasteiger partial charge in [0.05, 0.1) is 26.6 Å². The van der Waals surface area contributed by atoms with Crippen LogP contribution in [0.3, 0.4) is 0 Å². The third-order valence-corrected chi connectivity index (χ3v) is 6.82. The van der Waals surface area contributed by atoms with Gasteiger partial charge in [-0.2, -0.15) is 0 Å². The number of amides is 1. The van der Waals surface area contributed by atoms with Crippen LogP contribution in [0.15, 0.2) is 18.2 Å². The van der Waals surface area contributed by atoms with Gasteiger partial charge in [-0.05, 0) is 43.4 Å². The maximum Gasteiger partial charge on any atom is 0.409 e. The molecule has 0 aromatic heterocycles. The van der Waals surface area contributed by atoms with E-state index in [1.165, 1.54) is 20.0 Å². The number of likely N-dealkylation sites (tertiary alicyclic amines) is 1. The van der Waals surface area contributed by atoms with Gasteiger partial charge in [0.2, 0.25) is 10.0 Å². The van der Waals surface area contributed by atoms with Crippen LogP contribution >= 0.6 is 0 Å². The highest BCUT2D eigenvalue weighted by molar-refractivity contribution is 7.88. The summed E-state index contributed by atoms with van der Waals surface area (Å²) < 4.78 is 42.7. The Bertz CT molecular complexity index is 868. The van der Waals surface area contributed by atoms with E-state index in [1.807, 2.05) is 25.1 Å². The van der Waals surface area contributed by atoms with Crippen LogP contribution in [0.1, 0.15) is 44.1 Å². The molecule has 2 atom stereocenters. The third kappa shape index (κ3) is 5.18. The lowest BCUT2D eigenvalue weighted by molar-refractivity contribution is 0.128. The normalized spacial score (nSPS) is 24.8. The number of carbonyl (C=O) groups excluding carboxylic acids is 1. The number of nitrogens with one attached hydrogen (secondary N) is 1. The van der Waals surface area contributed by atoms with E-state index in [-0.39, 0.29) is 18.6 Å². The zero-order chi connectivity index (χ0) is 21.9. The van der Waals surface area contributed by atoms with Gasteiger partial charge >= 0.3 is 6.09 Å². The Labute approximate surface area is 178 Å². The number of ether oxygens (including phenoxy) is 3. The van der Waals surface area contributed by atoms with E-state index in [9.17, 15) is 13.2 Å². The lowest BCUT2D eigenvalue weighted by atomic mass is 9.76. The first-order valence-electron chi connectivity index (χ1n) is 10.3. The minimum Gasteiger partial charge on any atom is -0.493 e.